The molecule has 0 aliphatic heterocycles. The first-order chi connectivity index (χ1) is 16.1. The van der Waals surface area contributed by atoms with Crippen LogP contribution in [0, 0.1) is 0 Å². The lowest BCUT2D eigenvalue weighted by atomic mass is 10.2. The van der Waals surface area contributed by atoms with Gasteiger partial charge in [0.05, 0.1) is 18.5 Å². The van der Waals surface area contributed by atoms with Gasteiger partial charge in [-0.1, -0.05) is 32.4 Å². The second-order valence-electron chi connectivity index (χ2n) is 7.20. The summed E-state index contributed by atoms with van der Waals surface area (Å²) in [4.78, 5) is 14.9. The van der Waals surface area contributed by atoms with Gasteiger partial charge in [0.15, 0.2) is 5.69 Å². The van der Waals surface area contributed by atoms with Gasteiger partial charge in [-0.25, -0.2) is 10.1 Å². The van der Waals surface area contributed by atoms with Crippen molar-refractivity contribution in [2.45, 2.75) is 40.2 Å². The molecule has 0 bridgehead atoms. The molecule has 0 fully saturated rings. The van der Waals surface area contributed by atoms with Gasteiger partial charge < -0.3 is 10.5 Å². The van der Waals surface area contributed by atoms with Crippen molar-refractivity contribution in [3.63, 3.8) is 0 Å². The van der Waals surface area contributed by atoms with E-state index in [9.17, 15) is 4.79 Å². The summed E-state index contributed by atoms with van der Waals surface area (Å²) in [6.45, 7) is 8.79. The van der Waals surface area contributed by atoms with Crippen LogP contribution in [0.25, 0.3) is 5.82 Å². The maximum absolute atomic E-state index is 12.8. The number of carbonyl (C=O) groups excluding carboxylic acids is 1. The van der Waals surface area contributed by atoms with Gasteiger partial charge in [0.25, 0.3) is 5.91 Å². The highest BCUT2D eigenvalue weighted by atomic mass is 16.6. The first-order valence-electron chi connectivity index (χ1n) is 10.9. The molecule has 3 rings (SSSR count). The van der Waals surface area contributed by atoms with E-state index in [0.29, 0.717) is 18.8 Å². The number of carbonyl (C=O) groups is 1. The predicted octanol–water partition coefficient (Wildman–Crippen LogP) is 2.02. The Hall–Kier alpha value is -3.80. The minimum absolute atomic E-state index is 0.0489. The smallest absolute Gasteiger partial charge is 0.293 e. The average Bonchev–Trinajstić information content (AvgIpc) is 3.44. The lowest BCUT2D eigenvalue weighted by Crippen LogP contribution is -2.27. The first-order valence-corrected chi connectivity index (χ1v) is 10.9. The number of aromatic nitrogens is 5. The molecule has 0 saturated carbocycles. The van der Waals surface area contributed by atoms with Crippen LogP contribution >= 0.6 is 0 Å². The van der Waals surface area contributed by atoms with Gasteiger partial charge in [0, 0.05) is 6.54 Å². The van der Waals surface area contributed by atoms with Gasteiger partial charge in [0.1, 0.15) is 5.75 Å². The van der Waals surface area contributed by atoms with Crippen LogP contribution in [0.5, 0.6) is 5.75 Å². The van der Waals surface area contributed by atoms with E-state index in [1.807, 2.05) is 38.1 Å². The van der Waals surface area contributed by atoms with Crippen molar-refractivity contribution in [1.82, 2.24) is 35.6 Å². The Balaban J connectivity index is 1.72. The van der Waals surface area contributed by atoms with Crippen LogP contribution in [0.15, 0.2) is 34.0 Å². The number of unbranched alkanes of at least 4 members (excludes halogenated alkanes) is 1. The highest BCUT2D eigenvalue weighted by Crippen LogP contribution is 2.17. The summed E-state index contributed by atoms with van der Waals surface area (Å²) in [5.74, 6) is 0.513. The molecule has 12 heteroatoms. The largest absolute Gasteiger partial charge is 0.494 e. The highest BCUT2D eigenvalue weighted by Gasteiger charge is 2.24. The number of hydrogen-bond donors (Lipinski definition) is 2. The van der Waals surface area contributed by atoms with Crippen LogP contribution < -0.4 is 15.9 Å². The summed E-state index contributed by atoms with van der Waals surface area (Å²) in [5.41, 5.74) is 9.74. The molecular formula is C21H29N9O3. The Kier molecular flexibility index (Phi) is 8.47. The molecule has 0 aliphatic carbocycles. The third-order valence-electron chi connectivity index (χ3n) is 4.97. The van der Waals surface area contributed by atoms with Gasteiger partial charge in [-0.15, -0.1) is 5.10 Å². The number of ether oxygens (including phenoxy) is 1. The molecule has 0 spiro atoms. The van der Waals surface area contributed by atoms with Gasteiger partial charge in [-0.3, -0.25) is 9.69 Å². The molecule has 2 heterocycles. The normalized spacial score (nSPS) is 11.4. The zero-order chi connectivity index (χ0) is 23.6. The lowest BCUT2D eigenvalue weighted by Gasteiger charge is -2.18. The highest BCUT2D eigenvalue weighted by molar-refractivity contribution is 5.94. The summed E-state index contributed by atoms with van der Waals surface area (Å²) >= 11 is 0. The Morgan fingerprint density at radius 1 is 1.24 bits per heavy atom. The molecule has 33 heavy (non-hydrogen) atoms. The predicted molar refractivity (Wildman–Crippen MR) is 122 cm³/mol. The molecule has 0 radical (unpaired) electrons. The minimum Gasteiger partial charge on any atom is -0.494 e. The number of nitrogens with two attached hydrogens (primary N) is 1. The van der Waals surface area contributed by atoms with Crippen molar-refractivity contribution >= 4 is 17.9 Å². The number of amides is 1. The fourth-order valence-corrected chi connectivity index (χ4v) is 2.99. The second-order valence-corrected chi connectivity index (χ2v) is 7.20. The van der Waals surface area contributed by atoms with Crippen molar-refractivity contribution < 1.29 is 14.2 Å². The third-order valence-corrected chi connectivity index (χ3v) is 4.97. The van der Waals surface area contributed by atoms with Crippen molar-refractivity contribution in [2.75, 3.05) is 25.4 Å². The van der Waals surface area contributed by atoms with Gasteiger partial charge in [0.2, 0.25) is 11.6 Å². The van der Waals surface area contributed by atoms with Gasteiger partial charge >= 0.3 is 0 Å². The summed E-state index contributed by atoms with van der Waals surface area (Å²) in [5, 5.41) is 19.5. The Labute approximate surface area is 191 Å². The topological polar surface area (TPSA) is 150 Å². The number of rotatable bonds is 12. The molecule has 2 aromatic heterocycles. The number of hydrazone groups is 1. The van der Waals surface area contributed by atoms with Crippen molar-refractivity contribution in [3.8, 4) is 11.6 Å². The van der Waals surface area contributed by atoms with E-state index in [0.717, 1.165) is 37.2 Å². The van der Waals surface area contributed by atoms with Gasteiger partial charge in [-0.2, -0.15) is 9.78 Å². The number of nitrogen functional groups attached to an aromatic ring is 1. The third kappa shape index (κ3) is 6.13. The van der Waals surface area contributed by atoms with Crippen LogP contribution in [0.2, 0.25) is 0 Å². The maximum Gasteiger partial charge on any atom is 0.293 e. The van der Waals surface area contributed by atoms with Crippen molar-refractivity contribution in [1.29, 1.82) is 0 Å². The summed E-state index contributed by atoms with van der Waals surface area (Å²) in [6.07, 6.45) is 3.63. The number of hydrogen-bond acceptors (Lipinski definition) is 10. The standard InChI is InChI=1S/C21H29N9O3/c1-4-7-12-32-16-10-8-15(9-11-16)13-23-25-21(31)18-17(14-29(5-2)6-3)30(28-24-18)20-19(22)26-33-27-20/h8-11,13H,4-7,12,14H2,1-3H3,(H2,22,26)(H,25,31)/b23-13+. The monoisotopic (exact) mass is 455 g/mol. The SMILES string of the molecule is CCCCOc1ccc(/C=N/NC(=O)c2nnn(-c3nonc3N)c2CN(CC)CC)cc1. The number of benzene rings is 1. The van der Waals surface area contributed by atoms with E-state index < -0.39 is 5.91 Å². The zero-order valence-corrected chi connectivity index (χ0v) is 19.1. The van der Waals surface area contributed by atoms with Crippen LogP contribution in [0.1, 0.15) is 55.4 Å². The molecule has 0 atom stereocenters. The quantitative estimate of drug-likeness (QED) is 0.237. The van der Waals surface area contributed by atoms with E-state index >= 15 is 0 Å². The van der Waals surface area contributed by atoms with E-state index in [4.69, 9.17) is 10.5 Å². The molecule has 3 N–H and O–H groups in total. The molecule has 12 nitrogen and oxygen atoms in total. The average molecular weight is 456 g/mol. The molecule has 0 saturated heterocycles. The molecule has 1 aromatic carbocycles. The Morgan fingerprint density at radius 2 is 2.00 bits per heavy atom. The van der Waals surface area contributed by atoms with Crippen molar-refractivity contribution in [2.24, 2.45) is 5.10 Å². The fourth-order valence-electron chi connectivity index (χ4n) is 2.99. The fraction of sp³-hybridized carbons (Fsp3) is 0.429. The molecule has 0 unspecified atom stereocenters. The van der Waals surface area contributed by atoms with Crippen LogP contribution in [0.3, 0.4) is 0 Å². The lowest BCUT2D eigenvalue weighted by molar-refractivity contribution is 0.0948. The summed E-state index contributed by atoms with van der Waals surface area (Å²) < 4.78 is 11.7. The Bertz CT molecular complexity index is 1060. The van der Waals surface area contributed by atoms with Crippen molar-refractivity contribution in [3.05, 3.63) is 41.2 Å². The number of nitrogens with zero attached hydrogens (tertiary/aromatic N) is 7. The van der Waals surface area contributed by atoms with E-state index in [1.54, 1.807) is 6.21 Å². The van der Waals surface area contributed by atoms with E-state index in [-0.39, 0.29) is 17.3 Å². The van der Waals surface area contributed by atoms with Crippen LogP contribution in [-0.2, 0) is 6.54 Å². The molecule has 176 valence electrons. The number of anilines is 1. The molecular weight excluding hydrogens is 426 g/mol. The zero-order valence-electron chi connectivity index (χ0n) is 19.1. The van der Waals surface area contributed by atoms with Gasteiger partial charge in [-0.05, 0) is 59.7 Å². The molecule has 1 amide bonds. The molecule has 0 aliphatic rings. The second kappa shape index (κ2) is 11.7. The van der Waals surface area contributed by atoms with Crippen LogP contribution in [0.4, 0.5) is 5.82 Å². The van der Waals surface area contributed by atoms with E-state index in [2.05, 4.69) is 47.6 Å². The minimum atomic E-state index is -0.505. The maximum atomic E-state index is 12.8. The van der Waals surface area contributed by atoms with Crippen LogP contribution in [-0.4, -0.2) is 62.0 Å². The first kappa shape index (κ1) is 23.9. The number of nitrogens with one attached hydrogen (secondary N) is 1. The Morgan fingerprint density at radius 3 is 2.64 bits per heavy atom. The molecule has 3 aromatic rings. The summed E-state index contributed by atoms with van der Waals surface area (Å²) in [6, 6.07) is 7.45. The van der Waals surface area contributed by atoms with E-state index in [1.165, 1.54) is 4.68 Å². The summed E-state index contributed by atoms with van der Waals surface area (Å²) in [7, 11) is 0.